The summed E-state index contributed by atoms with van der Waals surface area (Å²) in [5.41, 5.74) is 5.36. The number of nitriles is 1. The molecule has 1 heterocycles. The van der Waals surface area contributed by atoms with Crippen LogP contribution in [0.2, 0.25) is 0 Å². The van der Waals surface area contributed by atoms with Crippen molar-refractivity contribution < 1.29 is 17.1 Å². The van der Waals surface area contributed by atoms with Crippen LogP contribution < -0.4 is 21.9 Å². The van der Waals surface area contributed by atoms with Crippen molar-refractivity contribution in [1.82, 2.24) is 14.7 Å². The molecule has 0 bridgehead atoms. The van der Waals surface area contributed by atoms with Crippen molar-refractivity contribution in [1.29, 1.82) is 5.26 Å². The summed E-state index contributed by atoms with van der Waals surface area (Å²) in [5.74, 6) is 0. The normalized spacial score (nSPS) is 14.7. The van der Waals surface area contributed by atoms with Crippen molar-refractivity contribution in [2.75, 3.05) is 39.3 Å². The Bertz CT molecular complexity index is 1200. The molecule has 1 aliphatic rings. The quantitative estimate of drug-likeness (QED) is 0.234. The number of benzene rings is 4. The van der Waals surface area contributed by atoms with Crippen molar-refractivity contribution >= 4 is 28.0 Å². The fourth-order valence-corrected chi connectivity index (χ4v) is 6.78. The van der Waals surface area contributed by atoms with Gasteiger partial charge in [-0.1, -0.05) is 121 Å². The fraction of sp³-hybridized carbons (Fsp3) is 0.390. The van der Waals surface area contributed by atoms with Crippen LogP contribution in [0.4, 0.5) is 0 Å². The van der Waals surface area contributed by atoms with Crippen molar-refractivity contribution in [3.05, 3.63) is 121 Å². The zero-order valence-corrected chi connectivity index (χ0v) is 30.6. The van der Waals surface area contributed by atoms with Crippen molar-refractivity contribution in [3.8, 4) is 6.07 Å². The zero-order valence-electron chi connectivity index (χ0n) is 29.7. The molecule has 0 spiro atoms. The molecule has 4 nitrogen and oxygen atoms in total. The second-order valence-corrected chi connectivity index (χ2v) is 13.1. The Hall–Kier alpha value is -3.17. The van der Waals surface area contributed by atoms with E-state index in [0.29, 0.717) is 18.1 Å². The minimum absolute atomic E-state index is 0. The monoisotopic (exact) mass is 678 g/mol. The van der Waals surface area contributed by atoms with Crippen molar-refractivity contribution in [2.45, 2.75) is 66.6 Å². The summed E-state index contributed by atoms with van der Waals surface area (Å²) >= 11 is 0. The van der Waals surface area contributed by atoms with E-state index in [9.17, 15) is 0 Å². The molecule has 47 heavy (non-hydrogen) atoms. The third kappa shape index (κ3) is 11.2. The topological polar surface area (TPSA) is 33.5 Å². The molecular formula is C41H56BCuN4. The Morgan fingerprint density at radius 2 is 0.617 bits per heavy atom. The van der Waals surface area contributed by atoms with Crippen molar-refractivity contribution in [3.63, 3.8) is 0 Å². The maximum atomic E-state index is 7.32. The van der Waals surface area contributed by atoms with Crippen molar-refractivity contribution in [2.24, 2.45) is 0 Å². The molecule has 0 N–H and O–H groups in total. The first-order valence-electron chi connectivity index (χ1n) is 17.2. The molecule has 0 atom stereocenters. The van der Waals surface area contributed by atoms with E-state index in [-0.39, 0.29) is 17.1 Å². The maximum Gasteiger partial charge on any atom is 1.00 e. The van der Waals surface area contributed by atoms with Gasteiger partial charge in [-0.15, -0.1) is 0 Å². The molecule has 0 aliphatic carbocycles. The molecule has 0 saturated carbocycles. The standard InChI is InChI=1S/C24H20B.C15H33N3.C2H3N.Cu/c1-5-13-21(14-6-1)25(22-15-7-2-8-16-22,23-17-9-3-10-18-23)24-19-11-4-12-20-24;1-13(2)16-7-9-17(14(3)4)11-12-18(10-8-16)15(5)6;1-2-3;/h1-20H;13-15H,7-12H2,1-6H3;1H3;/q-1;;;+1. The summed E-state index contributed by atoms with van der Waals surface area (Å²) in [6, 6.07) is 47.3. The predicted octanol–water partition coefficient (Wildman–Crippen LogP) is 5.72. The summed E-state index contributed by atoms with van der Waals surface area (Å²) in [7, 11) is 0. The molecule has 0 unspecified atom stereocenters. The van der Waals surface area contributed by atoms with E-state index in [1.165, 1.54) is 68.0 Å². The van der Waals surface area contributed by atoms with Gasteiger partial charge in [0.25, 0.3) is 0 Å². The van der Waals surface area contributed by atoms with Crippen LogP contribution in [0, 0.1) is 11.3 Å². The molecule has 0 amide bonds. The van der Waals surface area contributed by atoms with Crippen LogP contribution in [0.1, 0.15) is 48.5 Å². The molecular weight excluding hydrogens is 623 g/mol. The Morgan fingerprint density at radius 3 is 0.766 bits per heavy atom. The summed E-state index contributed by atoms with van der Waals surface area (Å²) in [6.45, 7) is 22.6. The Kier molecular flexibility index (Phi) is 17.8. The number of nitrogens with zero attached hydrogens (tertiary/aromatic N) is 4. The van der Waals surface area contributed by atoms with Crippen LogP contribution >= 0.6 is 0 Å². The van der Waals surface area contributed by atoms with E-state index in [1.54, 1.807) is 6.07 Å². The van der Waals surface area contributed by atoms with Gasteiger partial charge in [-0.3, -0.25) is 14.7 Å². The van der Waals surface area contributed by atoms with Gasteiger partial charge in [0.2, 0.25) is 0 Å². The Labute approximate surface area is 297 Å². The number of hydrogen-bond donors (Lipinski definition) is 0. The summed E-state index contributed by atoms with van der Waals surface area (Å²) in [5, 5.41) is 7.32. The second-order valence-electron chi connectivity index (χ2n) is 13.1. The SMILES string of the molecule is CC#N.CC(C)N1CCN(C(C)C)CCN(C(C)C)CC1.[Cu+].c1ccc([B-](c2ccccc2)(c2ccccc2)c2ccccc2)cc1. The maximum absolute atomic E-state index is 7.32. The van der Waals surface area contributed by atoms with E-state index in [2.05, 4.69) is 178 Å². The van der Waals surface area contributed by atoms with E-state index >= 15 is 0 Å². The molecule has 1 saturated heterocycles. The number of hydrogen-bond acceptors (Lipinski definition) is 4. The van der Waals surface area contributed by atoms with Crippen LogP contribution in [0.5, 0.6) is 0 Å². The average molecular weight is 679 g/mol. The van der Waals surface area contributed by atoms with Gasteiger partial charge in [-0.2, -0.15) is 27.1 Å². The van der Waals surface area contributed by atoms with Gasteiger partial charge >= 0.3 is 17.1 Å². The smallest absolute Gasteiger partial charge is 0.298 e. The van der Waals surface area contributed by atoms with Gasteiger partial charge in [0.05, 0.1) is 6.07 Å². The fourth-order valence-electron chi connectivity index (χ4n) is 6.78. The molecule has 254 valence electrons. The third-order valence-corrected chi connectivity index (χ3v) is 9.41. The molecule has 1 fully saturated rings. The van der Waals surface area contributed by atoms with Crippen LogP contribution in [-0.2, 0) is 17.1 Å². The molecule has 6 heteroatoms. The van der Waals surface area contributed by atoms with Gasteiger partial charge in [-0.05, 0) is 41.5 Å². The molecule has 1 aliphatic heterocycles. The zero-order chi connectivity index (χ0) is 33.4. The molecule has 4 aromatic rings. The van der Waals surface area contributed by atoms with E-state index in [0.717, 1.165) is 0 Å². The Morgan fingerprint density at radius 1 is 0.447 bits per heavy atom. The first kappa shape index (κ1) is 40.0. The van der Waals surface area contributed by atoms with Gasteiger partial charge in [-0.25, -0.2) is 0 Å². The Balaban J connectivity index is 0.000000310. The molecule has 4 aromatic carbocycles. The van der Waals surface area contributed by atoms with Gasteiger partial charge < -0.3 is 0 Å². The van der Waals surface area contributed by atoms with Gasteiger partial charge in [0, 0.05) is 64.3 Å². The van der Waals surface area contributed by atoms with Crippen LogP contribution in [0.3, 0.4) is 0 Å². The minimum atomic E-state index is -1.22. The van der Waals surface area contributed by atoms with E-state index in [4.69, 9.17) is 5.26 Å². The molecule has 0 aromatic heterocycles. The molecule has 5 rings (SSSR count). The van der Waals surface area contributed by atoms with Gasteiger partial charge in [0.1, 0.15) is 6.15 Å². The summed E-state index contributed by atoms with van der Waals surface area (Å²) < 4.78 is 0. The minimum Gasteiger partial charge on any atom is -0.298 e. The second kappa shape index (κ2) is 20.9. The summed E-state index contributed by atoms with van der Waals surface area (Å²) in [4.78, 5) is 7.86. The van der Waals surface area contributed by atoms with E-state index < -0.39 is 6.15 Å². The summed E-state index contributed by atoms with van der Waals surface area (Å²) in [6.07, 6.45) is -1.22. The molecule has 0 radical (unpaired) electrons. The predicted molar refractivity (Wildman–Crippen MR) is 201 cm³/mol. The van der Waals surface area contributed by atoms with Crippen LogP contribution in [0.25, 0.3) is 0 Å². The third-order valence-electron chi connectivity index (χ3n) is 9.41. The van der Waals surface area contributed by atoms with Crippen LogP contribution in [-0.4, -0.2) is 78.2 Å². The van der Waals surface area contributed by atoms with E-state index in [1.807, 2.05) is 0 Å². The largest absolute Gasteiger partial charge is 1.00 e. The first-order valence-corrected chi connectivity index (χ1v) is 17.2. The van der Waals surface area contributed by atoms with Crippen LogP contribution in [0.15, 0.2) is 121 Å². The van der Waals surface area contributed by atoms with Gasteiger partial charge in [0.15, 0.2) is 0 Å². The first-order chi connectivity index (χ1) is 22.2. The number of rotatable bonds is 7. The average Bonchev–Trinajstić information content (AvgIpc) is 3.19.